The van der Waals surface area contributed by atoms with E-state index in [1.807, 2.05) is 11.0 Å². The van der Waals surface area contributed by atoms with Crippen molar-refractivity contribution in [3.8, 4) is 0 Å². The molecule has 0 radical (unpaired) electrons. The Morgan fingerprint density at radius 1 is 1.26 bits per heavy atom. The fourth-order valence-corrected chi connectivity index (χ4v) is 2.20. The summed E-state index contributed by atoms with van der Waals surface area (Å²) in [5.74, 6) is 0.0600. The van der Waals surface area contributed by atoms with Gasteiger partial charge in [0.2, 0.25) is 5.91 Å². The van der Waals surface area contributed by atoms with Gasteiger partial charge in [-0.25, -0.2) is 4.79 Å². The summed E-state index contributed by atoms with van der Waals surface area (Å²) in [6, 6.07) is 5.45. The highest BCUT2D eigenvalue weighted by molar-refractivity contribution is 5.76. The molecular weight excluding hydrogens is 246 g/mol. The summed E-state index contributed by atoms with van der Waals surface area (Å²) < 4.78 is 2.95. The summed E-state index contributed by atoms with van der Waals surface area (Å²) in [5.41, 5.74) is 0.482. The van der Waals surface area contributed by atoms with Gasteiger partial charge >= 0.3 is 5.69 Å². The van der Waals surface area contributed by atoms with E-state index >= 15 is 0 Å². The molecule has 7 heteroatoms. The Labute approximate surface area is 109 Å². The van der Waals surface area contributed by atoms with Crippen molar-refractivity contribution < 1.29 is 4.79 Å². The minimum absolute atomic E-state index is 0.0600. The number of nitrogens with zero attached hydrogens (tertiary/aromatic N) is 4. The van der Waals surface area contributed by atoms with Crippen molar-refractivity contribution in [3.63, 3.8) is 0 Å². The van der Waals surface area contributed by atoms with Gasteiger partial charge in [-0.05, 0) is 12.1 Å². The summed E-state index contributed by atoms with van der Waals surface area (Å²) in [7, 11) is 0. The van der Waals surface area contributed by atoms with Crippen LogP contribution in [-0.2, 0) is 11.5 Å². The maximum absolute atomic E-state index is 12.1. The average molecular weight is 261 g/mol. The molecule has 0 saturated carbocycles. The Hall–Kier alpha value is -2.15. The molecule has 1 N–H and O–H groups in total. The van der Waals surface area contributed by atoms with Crippen LogP contribution in [0, 0.1) is 0 Å². The summed E-state index contributed by atoms with van der Waals surface area (Å²) in [6.45, 7) is 2.40. The molecule has 1 saturated heterocycles. The Bertz CT molecular complexity index is 659. The van der Waals surface area contributed by atoms with Gasteiger partial charge in [-0.2, -0.15) is 4.68 Å². The molecule has 2 aromatic heterocycles. The van der Waals surface area contributed by atoms with E-state index in [1.165, 1.54) is 9.08 Å². The molecule has 0 aromatic carbocycles. The van der Waals surface area contributed by atoms with Gasteiger partial charge in [-0.1, -0.05) is 6.07 Å². The standard InChI is InChI=1S/C12H15N5O2/c18-11-4-7-15(8-5-13-11)9-17-12(19)16-6-2-1-3-10(16)14-17/h1-3,6H,4-5,7-9H2,(H,13,18). The van der Waals surface area contributed by atoms with Crippen LogP contribution in [0.5, 0.6) is 0 Å². The molecule has 1 aliphatic heterocycles. The van der Waals surface area contributed by atoms with Gasteiger partial charge in [0.05, 0.1) is 6.67 Å². The first-order valence-corrected chi connectivity index (χ1v) is 6.27. The molecule has 0 bridgehead atoms. The first kappa shape index (κ1) is 11.9. The summed E-state index contributed by atoms with van der Waals surface area (Å²) in [5, 5.41) is 7.08. The number of nitrogens with one attached hydrogen (secondary N) is 1. The maximum Gasteiger partial charge on any atom is 0.351 e. The lowest BCUT2D eigenvalue weighted by molar-refractivity contribution is -0.120. The lowest BCUT2D eigenvalue weighted by Crippen LogP contribution is -2.35. The topological polar surface area (TPSA) is 71.6 Å². The van der Waals surface area contributed by atoms with Crippen LogP contribution < -0.4 is 11.0 Å². The normalized spacial score (nSPS) is 17.4. The van der Waals surface area contributed by atoms with Crippen LogP contribution in [-0.4, -0.2) is 44.6 Å². The Kier molecular flexibility index (Phi) is 3.04. The van der Waals surface area contributed by atoms with Crippen molar-refractivity contribution >= 4 is 11.6 Å². The molecule has 0 unspecified atom stereocenters. The molecule has 100 valence electrons. The Balaban J connectivity index is 1.83. The highest BCUT2D eigenvalue weighted by Gasteiger charge is 2.15. The van der Waals surface area contributed by atoms with E-state index in [0.717, 1.165) is 6.54 Å². The molecule has 3 rings (SSSR count). The van der Waals surface area contributed by atoms with Crippen molar-refractivity contribution in [2.24, 2.45) is 0 Å². The molecule has 2 aromatic rings. The maximum atomic E-state index is 12.1. The molecule has 0 spiro atoms. The van der Waals surface area contributed by atoms with Crippen LogP contribution >= 0.6 is 0 Å². The second-order valence-corrected chi connectivity index (χ2v) is 4.57. The fourth-order valence-electron chi connectivity index (χ4n) is 2.20. The molecule has 1 amide bonds. The lowest BCUT2D eigenvalue weighted by atomic mass is 10.4. The molecule has 1 fully saturated rings. The number of hydrogen-bond acceptors (Lipinski definition) is 4. The molecule has 0 aliphatic carbocycles. The summed E-state index contributed by atoms with van der Waals surface area (Å²) in [4.78, 5) is 25.4. The number of rotatable bonds is 2. The zero-order valence-electron chi connectivity index (χ0n) is 10.5. The first-order valence-electron chi connectivity index (χ1n) is 6.27. The van der Waals surface area contributed by atoms with E-state index in [1.54, 1.807) is 18.3 Å². The third kappa shape index (κ3) is 2.37. The van der Waals surface area contributed by atoms with E-state index in [-0.39, 0.29) is 11.6 Å². The van der Waals surface area contributed by atoms with Crippen molar-refractivity contribution in [1.82, 2.24) is 24.4 Å². The number of amides is 1. The number of pyridine rings is 1. The van der Waals surface area contributed by atoms with E-state index in [4.69, 9.17) is 0 Å². The van der Waals surface area contributed by atoms with E-state index in [2.05, 4.69) is 10.4 Å². The van der Waals surface area contributed by atoms with E-state index in [0.29, 0.717) is 31.8 Å². The van der Waals surface area contributed by atoms with Crippen molar-refractivity contribution in [1.29, 1.82) is 0 Å². The minimum Gasteiger partial charge on any atom is -0.355 e. The molecule has 19 heavy (non-hydrogen) atoms. The zero-order chi connectivity index (χ0) is 13.2. The van der Waals surface area contributed by atoms with Gasteiger partial charge in [0, 0.05) is 32.3 Å². The smallest absolute Gasteiger partial charge is 0.351 e. The monoisotopic (exact) mass is 261 g/mol. The zero-order valence-corrected chi connectivity index (χ0v) is 10.5. The molecule has 0 atom stereocenters. The van der Waals surface area contributed by atoms with Crippen molar-refractivity contribution in [3.05, 3.63) is 34.9 Å². The highest BCUT2D eigenvalue weighted by atomic mass is 16.2. The molecule has 7 nitrogen and oxygen atoms in total. The predicted molar refractivity (Wildman–Crippen MR) is 68.7 cm³/mol. The molecular formula is C12H15N5O2. The van der Waals surface area contributed by atoms with Gasteiger partial charge in [0.15, 0.2) is 5.65 Å². The second kappa shape index (κ2) is 4.85. The fraction of sp³-hybridized carbons (Fsp3) is 0.417. The summed E-state index contributed by atoms with van der Waals surface area (Å²) >= 11 is 0. The minimum atomic E-state index is -0.154. The highest BCUT2D eigenvalue weighted by Crippen LogP contribution is 2.00. The van der Waals surface area contributed by atoms with Crippen LogP contribution in [0.25, 0.3) is 5.65 Å². The van der Waals surface area contributed by atoms with Crippen molar-refractivity contribution in [2.45, 2.75) is 13.1 Å². The Morgan fingerprint density at radius 2 is 2.16 bits per heavy atom. The van der Waals surface area contributed by atoms with Gasteiger partial charge in [0.25, 0.3) is 0 Å². The number of carbonyl (C=O) groups excluding carboxylic acids is 1. The van der Waals surface area contributed by atoms with E-state index < -0.39 is 0 Å². The van der Waals surface area contributed by atoms with Crippen LogP contribution in [0.15, 0.2) is 29.2 Å². The number of carbonyl (C=O) groups is 1. The first-order chi connectivity index (χ1) is 9.24. The summed E-state index contributed by atoms with van der Waals surface area (Å²) in [6.07, 6.45) is 2.16. The van der Waals surface area contributed by atoms with Crippen LogP contribution in [0.2, 0.25) is 0 Å². The largest absolute Gasteiger partial charge is 0.355 e. The second-order valence-electron chi connectivity index (χ2n) is 4.57. The third-order valence-electron chi connectivity index (χ3n) is 3.23. The van der Waals surface area contributed by atoms with Crippen LogP contribution in [0.3, 0.4) is 0 Å². The van der Waals surface area contributed by atoms with Gasteiger partial charge in [0.1, 0.15) is 0 Å². The lowest BCUT2D eigenvalue weighted by Gasteiger charge is -2.17. The van der Waals surface area contributed by atoms with Gasteiger partial charge in [-0.3, -0.25) is 14.1 Å². The van der Waals surface area contributed by atoms with Crippen molar-refractivity contribution in [2.75, 3.05) is 19.6 Å². The molecule has 3 heterocycles. The van der Waals surface area contributed by atoms with Gasteiger partial charge < -0.3 is 5.32 Å². The quantitative estimate of drug-likeness (QED) is 0.774. The Morgan fingerprint density at radius 3 is 3.00 bits per heavy atom. The molecule has 1 aliphatic rings. The average Bonchev–Trinajstić information content (AvgIpc) is 2.58. The van der Waals surface area contributed by atoms with Crippen LogP contribution in [0.1, 0.15) is 6.42 Å². The van der Waals surface area contributed by atoms with E-state index in [9.17, 15) is 9.59 Å². The number of fused-ring (bicyclic) bond motifs is 1. The van der Waals surface area contributed by atoms with Crippen LogP contribution in [0.4, 0.5) is 0 Å². The van der Waals surface area contributed by atoms with Gasteiger partial charge in [-0.15, -0.1) is 5.10 Å². The SMILES string of the molecule is O=C1CCN(Cn2nc3ccccn3c2=O)CCN1. The third-order valence-corrected chi connectivity index (χ3v) is 3.23. The predicted octanol–water partition coefficient (Wildman–Crippen LogP) is -0.725. The number of hydrogen-bond donors (Lipinski definition) is 1. The number of aromatic nitrogens is 3.